The topological polar surface area (TPSA) is 90.8 Å². The lowest BCUT2D eigenvalue weighted by Crippen LogP contribution is -2.17. The number of fused-ring (bicyclic) bond motifs is 1. The Balaban J connectivity index is 1.40. The van der Waals surface area contributed by atoms with Crippen LogP contribution in [0.1, 0.15) is 18.4 Å². The van der Waals surface area contributed by atoms with Crippen molar-refractivity contribution in [1.29, 1.82) is 0 Å². The number of rotatable bonds is 6. The smallest absolute Gasteiger partial charge is 0.391 e. The molecule has 1 saturated heterocycles. The highest BCUT2D eigenvalue weighted by molar-refractivity contribution is 7.39. The van der Waals surface area contributed by atoms with Gasteiger partial charge in [-0.1, -0.05) is 29.8 Å². The van der Waals surface area contributed by atoms with Crippen molar-refractivity contribution in [3.63, 3.8) is 0 Å². The van der Waals surface area contributed by atoms with Crippen LogP contribution in [0.5, 0.6) is 17.5 Å². The molecule has 170 valence electrons. The summed E-state index contributed by atoms with van der Waals surface area (Å²) in [6.07, 6.45) is 2.49. The molecule has 0 saturated carbocycles. The second-order valence-electron chi connectivity index (χ2n) is 8.01. The molecule has 3 aromatic carbocycles. The van der Waals surface area contributed by atoms with E-state index in [9.17, 15) is 0 Å². The van der Waals surface area contributed by atoms with Crippen molar-refractivity contribution >= 4 is 36.9 Å². The van der Waals surface area contributed by atoms with E-state index in [0.717, 1.165) is 40.8 Å². The number of H-pyrrole nitrogens is 1. The maximum absolute atomic E-state index is 9.15. The van der Waals surface area contributed by atoms with Crippen LogP contribution in [0.25, 0.3) is 22.2 Å². The monoisotopic (exact) mass is 483 g/mol. The molecule has 1 fully saturated rings. The largest absolute Gasteiger partial charge is 0.427 e. The van der Waals surface area contributed by atoms with Gasteiger partial charge in [-0.2, -0.15) is 4.98 Å². The summed E-state index contributed by atoms with van der Waals surface area (Å²) in [5.41, 5.74) is 5.41. The molecule has 0 spiro atoms. The Bertz CT molecular complexity index is 1290. The van der Waals surface area contributed by atoms with Crippen LogP contribution in [0.4, 0.5) is 5.69 Å². The van der Waals surface area contributed by atoms with Crippen LogP contribution in [0, 0.1) is 6.92 Å². The van der Waals surface area contributed by atoms with E-state index < -0.39 is 8.60 Å². The SMILES string of the molecule is Cc1ccc(Oc2nc3cc(-c4ccc(N5CCCC5)cc4)c(Cl)cc3[nH]2)cc1OP(O)O. The average Bonchev–Trinajstić information content (AvgIpc) is 3.45. The van der Waals surface area contributed by atoms with Gasteiger partial charge in [0.25, 0.3) is 6.01 Å². The zero-order valence-electron chi connectivity index (χ0n) is 18.0. The molecular formula is C24H23ClN3O4P. The third-order valence-electron chi connectivity index (χ3n) is 5.75. The fraction of sp³-hybridized carbons (Fsp3) is 0.208. The van der Waals surface area contributed by atoms with E-state index in [4.69, 9.17) is 30.6 Å². The number of benzene rings is 3. The molecule has 33 heavy (non-hydrogen) atoms. The van der Waals surface area contributed by atoms with E-state index in [0.29, 0.717) is 22.5 Å². The molecule has 5 rings (SSSR count). The Hall–Kier alpha value is -2.83. The number of ether oxygens (including phenoxy) is 1. The van der Waals surface area contributed by atoms with Crippen LogP contribution in [0.2, 0.25) is 5.02 Å². The fourth-order valence-corrected chi connectivity index (χ4v) is 4.69. The second kappa shape index (κ2) is 9.20. The quantitative estimate of drug-likeness (QED) is 0.284. The lowest BCUT2D eigenvalue weighted by Gasteiger charge is -2.17. The summed E-state index contributed by atoms with van der Waals surface area (Å²) in [6.45, 7) is 4.02. The minimum Gasteiger partial charge on any atom is -0.427 e. The second-order valence-corrected chi connectivity index (χ2v) is 9.10. The van der Waals surface area contributed by atoms with Gasteiger partial charge in [0.05, 0.1) is 16.1 Å². The first-order valence-corrected chi connectivity index (χ1v) is 12.2. The normalized spacial score (nSPS) is 13.8. The maximum Gasteiger partial charge on any atom is 0.391 e. The Morgan fingerprint density at radius 3 is 2.52 bits per heavy atom. The highest BCUT2D eigenvalue weighted by atomic mass is 35.5. The molecule has 0 atom stereocenters. The van der Waals surface area contributed by atoms with Crippen LogP contribution in [0.3, 0.4) is 0 Å². The number of aromatic nitrogens is 2. The molecule has 9 heteroatoms. The summed E-state index contributed by atoms with van der Waals surface area (Å²) in [7, 11) is -2.51. The molecular weight excluding hydrogens is 461 g/mol. The standard InChI is InChI=1S/C24H23ClN3O4P/c1-15-4-9-18(12-23(15)32-33(29)30)31-24-26-21-13-19(20(25)14-22(21)27-24)16-5-7-17(8-6-16)28-10-2-3-11-28/h4-9,12-14,29-30H,2-3,10-11H2,1H3,(H,26,27). The van der Waals surface area contributed by atoms with Gasteiger partial charge in [0.1, 0.15) is 11.5 Å². The number of nitrogens with one attached hydrogen (secondary N) is 1. The van der Waals surface area contributed by atoms with E-state index in [1.54, 1.807) is 25.1 Å². The predicted octanol–water partition coefficient (Wildman–Crippen LogP) is 6.17. The number of nitrogens with zero attached hydrogens (tertiary/aromatic N) is 2. The van der Waals surface area contributed by atoms with E-state index in [2.05, 4.69) is 39.1 Å². The lowest BCUT2D eigenvalue weighted by molar-refractivity contribution is 0.372. The Kier molecular flexibility index (Phi) is 6.13. The lowest BCUT2D eigenvalue weighted by atomic mass is 10.0. The van der Waals surface area contributed by atoms with E-state index in [1.165, 1.54) is 18.5 Å². The Labute approximate surface area is 197 Å². The number of aromatic amines is 1. The van der Waals surface area contributed by atoms with Crippen LogP contribution in [-0.2, 0) is 0 Å². The first-order valence-electron chi connectivity index (χ1n) is 10.7. The van der Waals surface area contributed by atoms with Crippen molar-refractivity contribution in [3.8, 4) is 28.6 Å². The third kappa shape index (κ3) is 4.77. The molecule has 1 aliphatic heterocycles. The number of imidazole rings is 1. The molecule has 2 heterocycles. The number of halogens is 1. The summed E-state index contributed by atoms with van der Waals surface area (Å²) in [6, 6.07) is 17.7. The molecule has 1 aliphatic rings. The Morgan fingerprint density at radius 1 is 1.03 bits per heavy atom. The van der Waals surface area contributed by atoms with E-state index in [-0.39, 0.29) is 0 Å². The first kappa shape index (κ1) is 22.0. The number of hydrogen-bond acceptors (Lipinski definition) is 6. The number of anilines is 1. The zero-order chi connectivity index (χ0) is 22.9. The van der Waals surface area contributed by atoms with Gasteiger partial charge < -0.3 is 28.9 Å². The van der Waals surface area contributed by atoms with Crippen LogP contribution in [-0.4, -0.2) is 32.8 Å². The van der Waals surface area contributed by atoms with E-state index >= 15 is 0 Å². The van der Waals surface area contributed by atoms with Crippen molar-refractivity contribution in [3.05, 3.63) is 65.2 Å². The van der Waals surface area contributed by atoms with Crippen molar-refractivity contribution in [2.75, 3.05) is 18.0 Å². The average molecular weight is 484 g/mol. The summed E-state index contributed by atoms with van der Waals surface area (Å²) < 4.78 is 10.9. The van der Waals surface area contributed by atoms with Gasteiger partial charge in [-0.15, -0.1) is 0 Å². The molecule has 4 aromatic rings. The molecule has 1 aromatic heterocycles. The van der Waals surface area contributed by atoms with Gasteiger partial charge in [-0.3, -0.25) is 0 Å². The molecule has 0 amide bonds. The minimum atomic E-state index is -2.51. The first-order chi connectivity index (χ1) is 16.0. The summed E-state index contributed by atoms with van der Waals surface area (Å²) in [5.74, 6) is 0.790. The van der Waals surface area contributed by atoms with Crippen molar-refractivity contribution in [1.82, 2.24) is 9.97 Å². The van der Waals surface area contributed by atoms with Crippen LogP contribution in [0.15, 0.2) is 54.6 Å². The van der Waals surface area contributed by atoms with Gasteiger partial charge in [0, 0.05) is 30.4 Å². The molecule has 0 unspecified atom stereocenters. The van der Waals surface area contributed by atoms with Gasteiger partial charge in [-0.05, 0) is 61.2 Å². The Morgan fingerprint density at radius 2 is 1.79 bits per heavy atom. The van der Waals surface area contributed by atoms with Crippen LogP contribution < -0.4 is 14.2 Å². The third-order valence-corrected chi connectivity index (χ3v) is 6.43. The highest BCUT2D eigenvalue weighted by Gasteiger charge is 2.15. The van der Waals surface area contributed by atoms with Gasteiger partial charge in [-0.25, -0.2) is 0 Å². The zero-order valence-corrected chi connectivity index (χ0v) is 19.6. The maximum atomic E-state index is 9.15. The number of aryl methyl sites for hydroxylation is 1. The van der Waals surface area contributed by atoms with Crippen molar-refractivity contribution in [2.45, 2.75) is 19.8 Å². The summed E-state index contributed by atoms with van der Waals surface area (Å²) in [4.78, 5) is 28.4. The predicted molar refractivity (Wildman–Crippen MR) is 131 cm³/mol. The molecule has 7 nitrogen and oxygen atoms in total. The molecule has 0 bridgehead atoms. The molecule has 0 radical (unpaired) electrons. The van der Waals surface area contributed by atoms with Gasteiger partial charge >= 0.3 is 8.60 Å². The fourth-order valence-electron chi connectivity index (χ4n) is 4.05. The molecule has 0 aliphatic carbocycles. The molecule has 3 N–H and O–H groups in total. The van der Waals surface area contributed by atoms with Crippen molar-refractivity contribution in [2.24, 2.45) is 0 Å². The summed E-state index contributed by atoms with van der Waals surface area (Å²) in [5, 5.41) is 0.622. The number of hydrogen-bond donors (Lipinski definition) is 3. The van der Waals surface area contributed by atoms with Gasteiger partial charge in [0.15, 0.2) is 0 Å². The minimum absolute atomic E-state index is 0.299. The summed E-state index contributed by atoms with van der Waals surface area (Å²) >= 11 is 6.60. The van der Waals surface area contributed by atoms with Crippen LogP contribution >= 0.6 is 20.2 Å². The van der Waals surface area contributed by atoms with Gasteiger partial charge in [0.2, 0.25) is 0 Å². The highest BCUT2D eigenvalue weighted by Crippen LogP contribution is 2.36. The van der Waals surface area contributed by atoms with E-state index in [1.807, 2.05) is 12.1 Å². The van der Waals surface area contributed by atoms with Crippen molar-refractivity contribution < 1.29 is 19.0 Å².